The van der Waals surface area contributed by atoms with Crippen molar-refractivity contribution in [2.75, 3.05) is 44.8 Å². The summed E-state index contributed by atoms with van der Waals surface area (Å²) in [6.45, 7) is 7.88. The van der Waals surface area contributed by atoms with Crippen molar-refractivity contribution in [3.8, 4) is 0 Å². The molecule has 0 bridgehead atoms. The van der Waals surface area contributed by atoms with Crippen LogP contribution in [0.4, 0.5) is 5.69 Å². The maximum absolute atomic E-state index is 13.2. The van der Waals surface area contributed by atoms with E-state index in [1.807, 2.05) is 18.7 Å². The van der Waals surface area contributed by atoms with E-state index in [0.717, 1.165) is 0 Å². The van der Waals surface area contributed by atoms with Crippen molar-refractivity contribution in [3.63, 3.8) is 0 Å². The molecule has 29 heavy (non-hydrogen) atoms. The highest BCUT2D eigenvalue weighted by Crippen LogP contribution is 2.32. The van der Waals surface area contributed by atoms with Gasteiger partial charge in [-0.25, -0.2) is 0 Å². The molecule has 2 aliphatic rings. The lowest BCUT2D eigenvalue weighted by atomic mass is 10.0. The third-order valence-corrected chi connectivity index (χ3v) is 4.73. The Kier molecular flexibility index (Phi) is 6.66. The molecule has 8 heteroatoms. The van der Waals surface area contributed by atoms with Gasteiger partial charge in [0.15, 0.2) is 0 Å². The van der Waals surface area contributed by atoms with Gasteiger partial charge in [0.05, 0.1) is 38.0 Å². The maximum Gasteiger partial charge on any atom is 0.277 e. The highest BCUT2D eigenvalue weighted by atomic mass is 16.5. The smallest absolute Gasteiger partial charge is 0.277 e. The number of morpholine rings is 1. The summed E-state index contributed by atoms with van der Waals surface area (Å²) < 4.78 is 10.9. The normalized spacial score (nSPS) is 17.5. The van der Waals surface area contributed by atoms with Gasteiger partial charge in [-0.15, -0.1) is 0 Å². The lowest BCUT2D eigenvalue weighted by Gasteiger charge is -2.29. The SMILES string of the molecule is CC(=O)Nc1ccc(C2=C(N3CCOCC3)C(=O)N(CCOC(C)C)C2=O)cc1. The molecule has 1 saturated heterocycles. The predicted octanol–water partition coefficient (Wildman–Crippen LogP) is 1.48. The molecule has 0 aliphatic carbocycles. The number of carbonyl (C=O) groups is 3. The number of nitrogens with one attached hydrogen (secondary N) is 1. The number of hydrogen-bond acceptors (Lipinski definition) is 6. The maximum atomic E-state index is 13.2. The summed E-state index contributed by atoms with van der Waals surface area (Å²) in [4.78, 5) is 40.7. The van der Waals surface area contributed by atoms with Crippen LogP contribution in [0.25, 0.3) is 5.57 Å². The van der Waals surface area contributed by atoms with Gasteiger partial charge in [0.25, 0.3) is 11.8 Å². The fourth-order valence-corrected chi connectivity index (χ4v) is 3.41. The Balaban J connectivity index is 1.91. The molecule has 156 valence electrons. The van der Waals surface area contributed by atoms with Crippen LogP contribution in [0.3, 0.4) is 0 Å². The summed E-state index contributed by atoms with van der Waals surface area (Å²) in [5, 5.41) is 2.70. The second-order valence-electron chi connectivity index (χ2n) is 7.26. The molecule has 3 rings (SSSR count). The predicted molar refractivity (Wildman–Crippen MR) is 108 cm³/mol. The van der Waals surface area contributed by atoms with Crippen LogP contribution in [0.1, 0.15) is 26.3 Å². The molecule has 0 unspecified atom stereocenters. The summed E-state index contributed by atoms with van der Waals surface area (Å²) in [5.41, 5.74) is 2.07. The largest absolute Gasteiger partial charge is 0.378 e. The van der Waals surface area contributed by atoms with Crippen LogP contribution in [-0.4, -0.2) is 73.1 Å². The van der Waals surface area contributed by atoms with Gasteiger partial charge in [-0.1, -0.05) is 12.1 Å². The molecule has 0 spiro atoms. The van der Waals surface area contributed by atoms with E-state index in [2.05, 4.69) is 5.32 Å². The van der Waals surface area contributed by atoms with Crippen LogP contribution in [0.15, 0.2) is 30.0 Å². The lowest BCUT2D eigenvalue weighted by molar-refractivity contribution is -0.139. The summed E-state index contributed by atoms with van der Waals surface area (Å²) >= 11 is 0. The van der Waals surface area contributed by atoms with E-state index < -0.39 is 0 Å². The number of nitrogens with zero attached hydrogens (tertiary/aromatic N) is 2. The van der Waals surface area contributed by atoms with Gasteiger partial charge in [-0.05, 0) is 31.5 Å². The Morgan fingerprint density at radius 2 is 1.79 bits per heavy atom. The zero-order valence-electron chi connectivity index (χ0n) is 17.1. The fourth-order valence-electron chi connectivity index (χ4n) is 3.41. The molecular weight excluding hydrogens is 374 g/mol. The van der Waals surface area contributed by atoms with E-state index >= 15 is 0 Å². The summed E-state index contributed by atoms with van der Waals surface area (Å²) in [6, 6.07) is 6.95. The van der Waals surface area contributed by atoms with Crippen molar-refractivity contribution in [3.05, 3.63) is 35.5 Å². The molecule has 1 aromatic carbocycles. The van der Waals surface area contributed by atoms with Gasteiger partial charge in [0, 0.05) is 25.7 Å². The third kappa shape index (κ3) is 4.83. The number of anilines is 1. The highest BCUT2D eigenvalue weighted by Gasteiger charge is 2.41. The first-order valence-electron chi connectivity index (χ1n) is 9.81. The van der Waals surface area contributed by atoms with Crippen LogP contribution < -0.4 is 5.32 Å². The Labute approximate surface area is 170 Å². The van der Waals surface area contributed by atoms with Crippen molar-refractivity contribution < 1.29 is 23.9 Å². The van der Waals surface area contributed by atoms with E-state index in [4.69, 9.17) is 9.47 Å². The Bertz CT molecular complexity index is 810. The van der Waals surface area contributed by atoms with Crippen molar-refractivity contribution in [2.24, 2.45) is 0 Å². The van der Waals surface area contributed by atoms with Gasteiger partial charge in [0.1, 0.15) is 5.70 Å². The molecule has 0 radical (unpaired) electrons. The second-order valence-corrected chi connectivity index (χ2v) is 7.26. The third-order valence-electron chi connectivity index (χ3n) is 4.73. The number of imide groups is 1. The number of carbonyl (C=O) groups excluding carboxylic acids is 3. The second kappa shape index (κ2) is 9.19. The summed E-state index contributed by atoms with van der Waals surface area (Å²) in [7, 11) is 0. The number of hydrogen-bond donors (Lipinski definition) is 1. The van der Waals surface area contributed by atoms with Crippen molar-refractivity contribution in [1.29, 1.82) is 0 Å². The molecular formula is C21H27N3O5. The zero-order valence-corrected chi connectivity index (χ0v) is 17.1. The van der Waals surface area contributed by atoms with Crippen LogP contribution in [0.5, 0.6) is 0 Å². The van der Waals surface area contributed by atoms with Gasteiger partial charge < -0.3 is 19.7 Å². The molecule has 2 heterocycles. The van der Waals surface area contributed by atoms with Gasteiger partial charge in [-0.2, -0.15) is 0 Å². The van der Waals surface area contributed by atoms with Gasteiger partial charge in [0.2, 0.25) is 5.91 Å². The van der Waals surface area contributed by atoms with E-state index in [9.17, 15) is 14.4 Å². The van der Waals surface area contributed by atoms with Crippen molar-refractivity contribution >= 4 is 29.0 Å². The minimum atomic E-state index is -0.323. The molecule has 8 nitrogen and oxygen atoms in total. The molecule has 3 amide bonds. The number of ether oxygens (including phenoxy) is 2. The Hall–Kier alpha value is -2.71. The minimum absolute atomic E-state index is 0.0234. The van der Waals surface area contributed by atoms with Crippen LogP contribution in [0.2, 0.25) is 0 Å². The molecule has 2 aliphatic heterocycles. The molecule has 0 atom stereocenters. The average Bonchev–Trinajstić information content (AvgIpc) is 2.93. The Morgan fingerprint density at radius 3 is 2.38 bits per heavy atom. The van der Waals surface area contributed by atoms with Gasteiger partial charge in [-0.3, -0.25) is 19.3 Å². The van der Waals surface area contributed by atoms with E-state index in [1.165, 1.54) is 11.8 Å². The van der Waals surface area contributed by atoms with E-state index in [0.29, 0.717) is 55.4 Å². The zero-order chi connectivity index (χ0) is 21.0. The average molecular weight is 401 g/mol. The first kappa shape index (κ1) is 21.0. The van der Waals surface area contributed by atoms with Crippen LogP contribution in [0, 0.1) is 0 Å². The van der Waals surface area contributed by atoms with E-state index in [-0.39, 0.29) is 30.4 Å². The van der Waals surface area contributed by atoms with Crippen molar-refractivity contribution in [1.82, 2.24) is 9.80 Å². The van der Waals surface area contributed by atoms with Crippen molar-refractivity contribution in [2.45, 2.75) is 26.9 Å². The quantitative estimate of drug-likeness (QED) is 0.697. The molecule has 0 aromatic heterocycles. The topological polar surface area (TPSA) is 88.2 Å². The number of rotatable bonds is 7. The monoisotopic (exact) mass is 401 g/mol. The number of amides is 3. The Morgan fingerprint density at radius 1 is 1.14 bits per heavy atom. The van der Waals surface area contributed by atoms with E-state index in [1.54, 1.807) is 24.3 Å². The molecule has 0 saturated carbocycles. The molecule has 1 aromatic rings. The minimum Gasteiger partial charge on any atom is -0.378 e. The first-order valence-corrected chi connectivity index (χ1v) is 9.81. The van der Waals surface area contributed by atoms with Crippen LogP contribution in [-0.2, 0) is 23.9 Å². The van der Waals surface area contributed by atoms with Crippen LogP contribution >= 0.6 is 0 Å². The highest BCUT2D eigenvalue weighted by molar-refractivity contribution is 6.35. The standard InChI is InChI=1S/C21H27N3O5/c1-14(2)29-13-10-24-20(26)18(16-4-6-17(7-5-16)22-15(3)25)19(21(24)27)23-8-11-28-12-9-23/h4-7,14H,8-13H2,1-3H3,(H,22,25). The summed E-state index contributed by atoms with van der Waals surface area (Å²) in [6.07, 6.45) is 0.0234. The summed E-state index contributed by atoms with van der Waals surface area (Å²) in [5.74, 6) is -0.796. The molecule has 1 fully saturated rings. The number of benzene rings is 1. The molecule has 1 N–H and O–H groups in total. The van der Waals surface area contributed by atoms with Gasteiger partial charge >= 0.3 is 0 Å². The lowest BCUT2D eigenvalue weighted by Crippen LogP contribution is -2.41. The fraction of sp³-hybridized carbons (Fsp3) is 0.476. The first-order chi connectivity index (χ1) is 13.9.